The summed E-state index contributed by atoms with van der Waals surface area (Å²) in [6.07, 6.45) is 0. The first-order valence-electron chi connectivity index (χ1n) is 5.89. The minimum absolute atomic E-state index is 0.761. The Morgan fingerprint density at radius 2 is 1.89 bits per heavy atom. The molecule has 0 aliphatic heterocycles. The number of anilines is 3. The molecule has 4 N–H and O–H groups in total. The molecule has 0 saturated carbocycles. The summed E-state index contributed by atoms with van der Waals surface area (Å²) in [5.41, 5.74) is 12.5. The third kappa shape index (κ3) is 4.39. The van der Waals surface area contributed by atoms with Crippen LogP contribution in [0, 0.1) is 0 Å². The van der Waals surface area contributed by atoms with E-state index in [1.165, 1.54) is 5.56 Å². The summed E-state index contributed by atoms with van der Waals surface area (Å²) in [4.78, 5) is 4.88. The van der Waals surface area contributed by atoms with Crippen molar-refractivity contribution in [2.45, 2.75) is 5.75 Å². The molecule has 5 heteroatoms. The molecule has 2 aromatic rings. The summed E-state index contributed by atoms with van der Waals surface area (Å²) in [5.74, 6) is 0.855. The van der Waals surface area contributed by atoms with Crippen LogP contribution in [-0.4, -0.2) is 7.11 Å². The van der Waals surface area contributed by atoms with Crippen molar-refractivity contribution >= 4 is 29.0 Å². The second-order valence-corrected chi connectivity index (χ2v) is 4.80. The van der Waals surface area contributed by atoms with Crippen molar-refractivity contribution in [2.24, 2.45) is 0 Å². The van der Waals surface area contributed by atoms with Crippen LogP contribution in [0.5, 0.6) is 0 Å². The third-order valence-electron chi connectivity index (χ3n) is 2.46. The van der Waals surface area contributed by atoms with Crippen molar-refractivity contribution in [3.05, 3.63) is 54.1 Å². The predicted molar refractivity (Wildman–Crippen MR) is 82.8 cm³/mol. The van der Waals surface area contributed by atoms with Gasteiger partial charge in [0.15, 0.2) is 0 Å². The first-order chi connectivity index (χ1) is 9.28. The predicted octanol–water partition coefficient (Wildman–Crippen LogP) is 3.50. The summed E-state index contributed by atoms with van der Waals surface area (Å²) in [6.45, 7) is 0. The second kappa shape index (κ2) is 6.92. The Labute approximate surface area is 117 Å². The Bertz CT molecular complexity index is 534. The molecule has 0 spiro atoms. The van der Waals surface area contributed by atoms with E-state index in [2.05, 4.69) is 22.3 Å². The molecule has 0 heterocycles. The van der Waals surface area contributed by atoms with Gasteiger partial charge < -0.3 is 10.5 Å². The van der Waals surface area contributed by atoms with Crippen LogP contribution in [0.4, 0.5) is 17.1 Å². The quantitative estimate of drug-likeness (QED) is 0.428. The number of hydrogen-bond acceptors (Lipinski definition) is 5. The number of hydrogen-bond donors (Lipinski definition) is 3. The molecule has 0 aliphatic carbocycles. The average molecular weight is 275 g/mol. The van der Waals surface area contributed by atoms with Crippen molar-refractivity contribution in [3.63, 3.8) is 0 Å². The number of rotatable bonds is 6. The minimum atomic E-state index is 0.761. The van der Waals surface area contributed by atoms with Gasteiger partial charge in [-0.1, -0.05) is 18.2 Å². The summed E-state index contributed by atoms with van der Waals surface area (Å²) in [6, 6.07) is 15.8. The maximum Gasteiger partial charge on any atom is 0.0636 e. The van der Waals surface area contributed by atoms with E-state index in [1.54, 1.807) is 19.1 Å². The first-order valence-corrected chi connectivity index (χ1v) is 6.88. The monoisotopic (exact) mass is 275 g/mol. The lowest BCUT2D eigenvalue weighted by Crippen LogP contribution is -1.96. The summed E-state index contributed by atoms with van der Waals surface area (Å²) < 4.78 is 3.27. The van der Waals surface area contributed by atoms with Gasteiger partial charge >= 0.3 is 0 Å². The molecule has 2 aromatic carbocycles. The van der Waals surface area contributed by atoms with Gasteiger partial charge in [-0.25, -0.2) is 0 Å². The zero-order valence-corrected chi connectivity index (χ0v) is 11.5. The van der Waals surface area contributed by atoms with Crippen LogP contribution < -0.4 is 15.9 Å². The molecule has 0 unspecified atom stereocenters. The second-order valence-electron chi connectivity index (χ2n) is 4.02. The molecule has 4 nitrogen and oxygen atoms in total. The first kappa shape index (κ1) is 13.6. The lowest BCUT2D eigenvalue weighted by Gasteiger charge is -2.08. The van der Waals surface area contributed by atoms with Crippen LogP contribution in [0.25, 0.3) is 0 Å². The number of nitrogens with two attached hydrogens (primary N) is 1. The van der Waals surface area contributed by atoms with Crippen LogP contribution >= 0.6 is 11.9 Å². The number of benzene rings is 2. The van der Waals surface area contributed by atoms with Gasteiger partial charge in [0.1, 0.15) is 0 Å². The molecular formula is C14H17N3OS. The molecular weight excluding hydrogens is 258 g/mol. The van der Waals surface area contributed by atoms with E-state index in [0.29, 0.717) is 0 Å². The standard InChI is InChI=1S/C14H17N3OS/c1-18-16-13-6-2-4-11(8-13)10-19-17-14-7-3-5-12(15)9-14/h2-9,16-17H,10,15H2,1H3. The SMILES string of the molecule is CONc1cccc(CSNc2cccc(N)c2)c1. The van der Waals surface area contributed by atoms with E-state index in [4.69, 9.17) is 10.6 Å². The molecule has 100 valence electrons. The van der Waals surface area contributed by atoms with E-state index in [0.717, 1.165) is 22.8 Å². The van der Waals surface area contributed by atoms with Crippen molar-refractivity contribution in [1.29, 1.82) is 0 Å². The maximum absolute atomic E-state index is 5.72. The molecule has 0 bridgehead atoms. The summed E-state index contributed by atoms with van der Waals surface area (Å²) in [7, 11) is 1.60. The Kier molecular flexibility index (Phi) is 4.94. The Morgan fingerprint density at radius 3 is 2.68 bits per heavy atom. The molecule has 0 radical (unpaired) electrons. The molecule has 0 amide bonds. The zero-order valence-electron chi connectivity index (χ0n) is 10.7. The fraction of sp³-hybridized carbons (Fsp3) is 0.143. The minimum Gasteiger partial charge on any atom is -0.399 e. The van der Waals surface area contributed by atoms with Gasteiger partial charge in [-0.05, 0) is 47.8 Å². The van der Waals surface area contributed by atoms with Crippen molar-refractivity contribution in [2.75, 3.05) is 23.0 Å². The van der Waals surface area contributed by atoms with Crippen molar-refractivity contribution in [1.82, 2.24) is 0 Å². The van der Waals surface area contributed by atoms with E-state index in [1.807, 2.05) is 36.4 Å². The molecule has 0 atom stereocenters. The van der Waals surface area contributed by atoms with Gasteiger partial charge in [-0.3, -0.25) is 10.3 Å². The van der Waals surface area contributed by atoms with E-state index in [9.17, 15) is 0 Å². The topological polar surface area (TPSA) is 59.3 Å². The molecule has 2 rings (SSSR count). The smallest absolute Gasteiger partial charge is 0.0636 e. The van der Waals surface area contributed by atoms with Gasteiger partial charge in [0.2, 0.25) is 0 Å². The highest BCUT2D eigenvalue weighted by molar-refractivity contribution is 7.99. The zero-order chi connectivity index (χ0) is 13.5. The van der Waals surface area contributed by atoms with Gasteiger partial charge in [0.25, 0.3) is 0 Å². The fourth-order valence-electron chi connectivity index (χ4n) is 1.65. The Balaban J connectivity index is 1.87. The molecule has 0 fully saturated rings. The van der Waals surface area contributed by atoms with Crippen LogP contribution in [-0.2, 0) is 10.6 Å². The van der Waals surface area contributed by atoms with Crippen molar-refractivity contribution in [3.8, 4) is 0 Å². The number of nitrogens with one attached hydrogen (secondary N) is 2. The van der Waals surface area contributed by atoms with Crippen molar-refractivity contribution < 1.29 is 4.84 Å². The highest BCUT2D eigenvalue weighted by Gasteiger charge is 1.97. The Hall–Kier alpha value is -1.85. The van der Waals surface area contributed by atoms with Crippen LogP contribution in [0.15, 0.2) is 48.5 Å². The molecule has 0 aliphatic rings. The van der Waals surface area contributed by atoms with Crippen LogP contribution in [0.1, 0.15) is 5.56 Å². The van der Waals surface area contributed by atoms with Gasteiger partial charge in [0.05, 0.1) is 12.8 Å². The highest BCUT2D eigenvalue weighted by Crippen LogP contribution is 2.20. The Morgan fingerprint density at radius 1 is 1.11 bits per heavy atom. The van der Waals surface area contributed by atoms with E-state index in [-0.39, 0.29) is 0 Å². The van der Waals surface area contributed by atoms with Gasteiger partial charge in [-0.15, -0.1) is 0 Å². The largest absolute Gasteiger partial charge is 0.399 e. The van der Waals surface area contributed by atoms with E-state index < -0.39 is 0 Å². The summed E-state index contributed by atoms with van der Waals surface area (Å²) in [5, 5.41) is 0. The molecule has 19 heavy (non-hydrogen) atoms. The molecule has 0 saturated heterocycles. The normalized spacial score (nSPS) is 10.2. The number of nitrogen functional groups attached to an aromatic ring is 1. The van der Waals surface area contributed by atoms with Crippen LogP contribution in [0.2, 0.25) is 0 Å². The van der Waals surface area contributed by atoms with Crippen LogP contribution in [0.3, 0.4) is 0 Å². The average Bonchev–Trinajstić information content (AvgIpc) is 2.40. The lowest BCUT2D eigenvalue weighted by atomic mass is 10.2. The lowest BCUT2D eigenvalue weighted by molar-refractivity contribution is 0.271. The van der Waals surface area contributed by atoms with Gasteiger partial charge in [-0.2, -0.15) is 0 Å². The third-order valence-corrected chi connectivity index (χ3v) is 3.32. The fourth-order valence-corrected chi connectivity index (χ4v) is 2.36. The summed E-state index contributed by atoms with van der Waals surface area (Å²) >= 11 is 1.62. The van der Waals surface area contributed by atoms with E-state index >= 15 is 0 Å². The maximum atomic E-state index is 5.72. The van der Waals surface area contributed by atoms with Gasteiger partial charge in [0, 0.05) is 17.1 Å². The molecule has 0 aromatic heterocycles. The highest BCUT2D eigenvalue weighted by atomic mass is 32.2.